The summed E-state index contributed by atoms with van der Waals surface area (Å²) in [4.78, 5) is 26.0. The van der Waals surface area contributed by atoms with Gasteiger partial charge >= 0.3 is 0 Å². The molecule has 20 heavy (non-hydrogen) atoms. The van der Waals surface area contributed by atoms with Crippen molar-refractivity contribution in [2.45, 2.75) is 26.7 Å². The Morgan fingerprint density at radius 1 is 1.00 bits per heavy atom. The quantitative estimate of drug-likeness (QED) is 0.834. The van der Waals surface area contributed by atoms with E-state index in [1.54, 1.807) is 12.1 Å². The van der Waals surface area contributed by atoms with Gasteiger partial charge in [0.2, 0.25) is 0 Å². The van der Waals surface area contributed by atoms with Gasteiger partial charge in [-0.3, -0.25) is 9.59 Å². The minimum atomic E-state index is -0.255. The molecule has 0 bridgehead atoms. The van der Waals surface area contributed by atoms with Gasteiger partial charge in [-0.15, -0.1) is 0 Å². The van der Waals surface area contributed by atoms with E-state index in [4.69, 9.17) is 0 Å². The molecule has 0 unspecified atom stereocenters. The van der Waals surface area contributed by atoms with E-state index in [1.807, 2.05) is 24.3 Å². The van der Waals surface area contributed by atoms with Crippen molar-refractivity contribution in [2.24, 2.45) is 0 Å². The molecule has 0 radical (unpaired) electrons. The molecule has 2 rings (SSSR count). The van der Waals surface area contributed by atoms with Gasteiger partial charge in [0.05, 0.1) is 5.69 Å². The minimum absolute atomic E-state index is 0.0923. The molecular formula is C16H18N2O2. The molecule has 1 aromatic heterocycles. The van der Waals surface area contributed by atoms with Gasteiger partial charge in [0.25, 0.3) is 5.91 Å². The molecule has 4 heteroatoms. The second kappa shape index (κ2) is 5.74. The van der Waals surface area contributed by atoms with E-state index >= 15 is 0 Å². The Labute approximate surface area is 118 Å². The molecule has 0 aliphatic heterocycles. The van der Waals surface area contributed by atoms with Gasteiger partial charge in [0, 0.05) is 12.6 Å². The summed E-state index contributed by atoms with van der Waals surface area (Å²) in [7, 11) is 0. The van der Waals surface area contributed by atoms with Crippen LogP contribution in [0, 0.1) is 0 Å². The first-order valence-corrected chi connectivity index (χ1v) is 6.58. The second-order valence-electron chi connectivity index (χ2n) is 5.07. The number of rotatable bonds is 4. The number of nitrogens with one attached hydrogen (secondary N) is 2. The molecule has 0 spiro atoms. The summed E-state index contributed by atoms with van der Waals surface area (Å²) in [6.45, 7) is 5.70. The molecule has 2 N–H and O–H groups in total. The molecule has 1 aromatic carbocycles. The number of hydrogen-bond donors (Lipinski definition) is 2. The predicted molar refractivity (Wildman–Crippen MR) is 79.3 cm³/mol. The number of H-pyrrole nitrogens is 1. The van der Waals surface area contributed by atoms with E-state index in [0.717, 1.165) is 5.69 Å². The van der Waals surface area contributed by atoms with E-state index in [9.17, 15) is 9.59 Å². The Balaban J connectivity index is 2.08. The summed E-state index contributed by atoms with van der Waals surface area (Å²) in [5.41, 5.74) is 2.77. The largest absolute Gasteiger partial charge is 0.348 e. The number of benzene rings is 1. The van der Waals surface area contributed by atoms with Crippen LogP contribution in [0.1, 0.15) is 53.2 Å². The normalized spacial score (nSPS) is 10.6. The van der Waals surface area contributed by atoms with Crippen molar-refractivity contribution in [3.05, 3.63) is 53.3 Å². The maximum Gasteiger partial charge on any atom is 0.272 e. The highest BCUT2D eigenvalue weighted by Gasteiger charge is 2.10. The molecular weight excluding hydrogens is 252 g/mol. The molecule has 0 saturated carbocycles. The van der Waals surface area contributed by atoms with Crippen LogP contribution in [-0.2, 0) is 0 Å². The van der Waals surface area contributed by atoms with Gasteiger partial charge in [-0.1, -0.05) is 26.0 Å². The van der Waals surface area contributed by atoms with Crippen molar-refractivity contribution >= 4 is 17.4 Å². The third kappa shape index (κ3) is 3.15. The maximum absolute atomic E-state index is 12.0. The van der Waals surface area contributed by atoms with Crippen LogP contribution < -0.4 is 5.32 Å². The SMILES string of the molecule is CC(=O)c1ccc(C(=O)Nc2ccc(C(C)C)cc2)[nH]1. The molecule has 4 nitrogen and oxygen atoms in total. The average Bonchev–Trinajstić information content (AvgIpc) is 2.89. The Morgan fingerprint density at radius 3 is 2.10 bits per heavy atom. The van der Waals surface area contributed by atoms with Crippen LogP contribution in [0.2, 0.25) is 0 Å². The summed E-state index contributed by atoms with van der Waals surface area (Å²) in [5.74, 6) is 0.112. The second-order valence-corrected chi connectivity index (χ2v) is 5.07. The first kappa shape index (κ1) is 14.1. The Hall–Kier alpha value is -2.36. The smallest absolute Gasteiger partial charge is 0.272 e. The number of ketones is 1. The number of Topliss-reactive ketones (excluding diaryl/α,β-unsaturated/α-hetero) is 1. The van der Waals surface area contributed by atoms with Crippen LogP contribution in [0.5, 0.6) is 0 Å². The number of hydrogen-bond acceptors (Lipinski definition) is 2. The zero-order valence-electron chi connectivity index (χ0n) is 11.9. The zero-order valence-corrected chi connectivity index (χ0v) is 11.9. The van der Waals surface area contributed by atoms with Crippen molar-refractivity contribution in [3.8, 4) is 0 Å². The fourth-order valence-electron chi connectivity index (χ4n) is 1.88. The lowest BCUT2D eigenvalue weighted by molar-refractivity contribution is 0.101. The molecule has 0 aliphatic carbocycles. The third-order valence-corrected chi connectivity index (χ3v) is 3.15. The monoisotopic (exact) mass is 270 g/mol. The number of carbonyl (C=O) groups excluding carboxylic acids is 2. The topological polar surface area (TPSA) is 62.0 Å². The van der Waals surface area contributed by atoms with E-state index in [1.165, 1.54) is 12.5 Å². The van der Waals surface area contributed by atoms with Crippen LogP contribution in [0.25, 0.3) is 0 Å². The average molecular weight is 270 g/mol. The molecule has 0 fully saturated rings. The number of carbonyl (C=O) groups is 2. The standard InChI is InChI=1S/C16H18N2O2/c1-10(2)12-4-6-13(7-5-12)17-16(20)15-9-8-14(18-15)11(3)19/h4-10,18H,1-3H3,(H,17,20). The summed E-state index contributed by atoms with van der Waals surface area (Å²) < 4.78 is 0. The first-order valence-electron chi connectivity index (χ1n) is 6.58. The Morgan fingerprint density at radius 2 is 1.60 bits per heavy atom. The lowest BCUT2D eigenvalue weighted by Gasteiger charge is -2.07. The van der Waals surface area contributed by atoms with Crippen LogP contribution in [0.15, 0.2) is 36.4 Å². The van der Waals surface area contributed by atoms with Gasteiger partial charge in [0.1, 0.15) is 5.69 Å². The fraction of sp³-hybridized carbons (Fsp3) is 0.250. The fourth-order valence-corrected chi connectivity index (χ4v) is 1.88. The van der Waals surface area contributed by atoms with Gasteiger partial charge in [-0.2, -0.15) is 0 Å². The number of anilines is 1. The molecule has 0 saturated heterocycles. The summed E-state index contributed by atoms with van der Waals surface area (Å²) in [5, 5.41) is 2.80. The maximum atomic E-state index is 12.0. The summed E-state index contributed by atoms with van der Waals surface area (Å²) in [6, 6.07) is 11.0. The zero-order chi connectivity index (χ0) is 14.7. The molecule has 0 aliphatic rings. The molecule has 2 aromatic rings. The van der Waals surface area contributed by atoms with E-state index < -0.39 is 0 Å². The van der Waals surface area contributed by atoms with Crippen molar-refractivity contribution in [2.75, 3.05) is 5.32 Å². The van der Waals surface area contributed by atoms with Crippen LogP contribution in [0.3, 0.4) is 0 Å². The highest BCUT2D eigenvalue weighted by atomic mass is 16.2. The van der Waals surface area contributed by atoms with Gasteiger partial charge in [-0.05, 0) is 35.7 Å². The molecule has 1 heterocycles. The first-order chi connectivity index (χ1) is 9.47. The van der Waals surface area contributed by atoms with Crippen molar-refractivity contribution in [1.29, 1.82) is 0 Å². The molecule has 104 valence electrons. The van der Waals surface area contributed by atoms with E-state index in [-0.39, 0.29) is 11.7 Å². The van der Waals surface area contributed by atoms with Crippen LogP contribution in [0.4, 0.5) is 5.69 Å². The molecule has 0 atom stereocenters. The van der Waals surface area contributed by atoms with Crippen molar-refractivity contribution < 1.29 is 9.59 Å². The lowest BCUT2D eigenvalue weighted by atomic mass is 10.0. The highest BCUT2D eigenvalue weighted by molar-refractivity contribution is 6.04. The Kier molecular flexibility index (Phi) is 4.03. The predicted octanol–water partition coefficient (Wildman–Crippen LogP) is 3.59. The highest BCUT2D eigenvalue weighted by Crippen LogP contribution is 2.17. The lowest BCUT2D eigenvalue weighted by Crippen LogP contribution is -2.12. The Bertz CT molecular complexity index is 624. The van der Waals surface area contributed by atoms with E-state index in [0.29, 0.717) is 17.3 Å². The minimum Gasteiger partial charge on any atom is -0.348 e. The number of aromatic nitrogens is 1. The summed E-state index contributed by atoms with van der Waals surface area (Å²) >= 11 is 0. The summed E-state index contributed by atoms with van der Waals surface area (Å²) in [6.07, 6.45) is 0. The van der Waals surface area contributed by atoms with Gasteiger partial charge in [0.15, 0.2) is 5.78 Å². The van der Waals surface area contributed by atoms with Crippen molar-refractivity contribution in [1.82, 2.24) is 4.98 Å². The van der Waals surface area contributed by atoms with Crippen LogP contribution in [-0.4, -0.2) is 16.7 Å². The van der Waals surface area contributed by atoms with Crippen LogP contribution >= 0.6 is 0 Å². The molecule has 1 amide bonds. The number of amides is 1. The van der Waals surface area contributed by atoms with E-state index in [2.05, 4.69) is 24.1 Å². The van der Waals surface area contributed by atoms with Crippen molar-refractivity contribution in [3.63, 3.8) is 0 Å². The third-order valence-electron chi connectivity index (χ3n) is 3.15. The van der Waals surface area contributed by atoms with Gasteiger partial charge in [-0.25, -0.2) is 0 Å². The van der Waals surface area contributed by atoms with Gasteiger partial charge < -0.3 is 10.3 Å². The number of aromatic amines is 1.